The molecule has 0 aliphatic heterocycles. The Kier molecular flexibility index (Phi) is 4.47. The molecule has 1 aromatic heterocycles. The lowest BCUT2D eigenvalue weighted by Gasteiger charge is -2.16. The van der Waals surface area contributed by atoms with Crippen LogP contribution in [0.3, 0.4) is 0 Å². The van der Waals surface area contributed by atoms with E-state index in [1.165, 1.54) is 6.07 Å². The summed E-state index contributed by atoms with van der Waals surface area (Å²) in [5.74, 6) is 0.959. The molecule has 0 saturated carbocycles. The van der Waals surface area contributed by atoms with Gasteiger partial charge in [0.15, 0.2) is 0 Å². The van der Waals surface area contributed by atoms with E-state index in [-0.39, 0.29) is 5.91 Å². The molecule has 0 saturated heterocycles. The lowest BCUT2D eigenvalue weighted by atomic mass is 10.1. The van der Waals surface area contributed by atoms with Gasteiger partial charge in [-0.3, -0.25) is 9.89 Å². The summed E-state index contributed by atoms with van der Waals surface area (Å²) in [5, 5.41) is 6.34. The molecule has 0 aliphatic rings. The molecule has 1 heterocycles. The average Bonchev–Trinajstić information content (AvgIpc) is 2.83. The van der Waals surface area contributed by atoms with E-state index in [0.29, 0.717) is 24.7 Å². The summed E-state index contributed by atoms with van der Waals surface area (Å²) in [7, 11) is 1.71. The zero-order valence-electron chi connectivity index (χ0n) is 12.5. The Bertz CT molecular complexity index is 616. The standard InChI is InChI=1S/C15H20N4O2/c1-10-6-11(2)8-12(7-10)21-5-4-19(3)15(20)13-9-14(16)18-17-13/h6-9H,4-5H2,1-3H3,(H3,16,17,18). The minimum absolute atomic E-state index is 0.164. The molecular weight excluding hydrogens is 268 g/mol. The van der Waals surface area contributed by atoms with E-state index >= 15 is 0 Å². The number of ether oxygens (including phenoxy) is 1. The van der Waals surface area contributed by atoms with E-state index in [4.69, 9.17) is 10.5 Å². The molecule has 0 atom stereocenters. The normalized spacial score (nSPS) is 10.4. The van der Waals surface area contributed by atoms with E-state index in [1.807, 2.05) is 26.0 Å². The van der Waals surface area contributed by atoms with Crippen molar-refractivity contribution >= 4 is 11.7 Å². The summed E-state index contributed by atoms with van der Waals surface area (Å²) in [6.45, 7) is 4.95. The Balaban J connectivity index is 1.86. The number of H-pyrrole nitrogens is 1. The fourth-order valence-electron chi connectivity index (χ4n) is 2.07. The van der Waals surface area contributed by atoms with Gasteiger partial charge in [-0.15, -0.1) is 0 Å². The third kappa shape index (κ3) is 3.98. The Hall–Kier alpha value is -2.50. The predicted octanol–water partition coefficient (Wildman–Crippen LogP) is 1.76. The lowest BCUT2D eigenvalue weighted by molar-refractivity contribution is 0.0768. The van der Waals surface area contributed by atoms with E-state index in [2.05, 4.69) is 16.3 Å². The van der Waals surface area contributed by atoms with Crippen molar-refractivity contribution < 1.29 is 9.53 Å². The number of aromatic nitrogens is 2. The number of benzene rings is 1. The molecule has 0 radical (unpaired) electrons. The first-order valence-electron chi connectivity index (χ1n) is 6.73. The van der Waals surface area contributed by atoms with Gasteiger partial charge in [-0.1, -0.05) is 6.07 Å². The maximum Gasteiger partial charge on any atom is 0.271 e. The van der Waals surface area contributed by atoms with Gasteiger partial charge in [0, 0.05) is 13.1 Å². The number of nitrogens with zero attached hydrogens (tertiary/aromatic N) is 2. The third-order valence-corrected chi connectivity index (χ3v) is 3.07. The molecule has 1 aromatic carbocycles. The second kappa shape index (κ2) is 6.30. The van der Waals surface area contributed by atoms with Crippen molar-refractivity contribution in [3.8, 4) is 5.75 Å². The van der Waals surface area contributed by atoms with Crippen LogP contribution in [0.5, 0.6) is 5.75 Å². The molecule has 0 spiro atoms. The first-order valence-corrected chi connectivity index (χ1v) is 6.73. The minimum Gasteiger partial charge on any atom is -0.492 e. The summed E-state index contributed by atoms with van der Waals surface area (Å²) in [5.41, 5.74) is 8.17. The zero-order chi connectivity index (χ0) is 15.4. The molecule has 112 valence electrons. The number of nitrogens with two attached hydrogens (primary N) is 1. The van der Waals surface area contributed by atoms with Gasteiger partial charge in [0.2, 0.25) is 0 Å². The average molecular weight is 288 g/mol. The second-order valence-electron chi connectivity index (χ2n) is 5.11. The molecular formula is C15H20N4O2. The topological polar surface area (TPSA) is 84.2 Å². The van der Waals surface area contributed by atoms with Gasteiger partial charge in [0.1, 0.15) is 23.9 Å². The molecule has 0 bridgehead atoms. The predicted molar refractivity (Wildman–Crippen MR) is 81.4 cm³/mol. The molecule has 0 fully saturated rings. The highest BCUT2D eigenvalue weighted by Gasteiger charge is 2.13. The van der Waals surface area contributed by atoms with Crippen LogP contribution in [-0.2, 0) is 0 Å². The van der Waals surface area contributed by atoms with E-state index in [0.717, 1.165) is 16.9 Å². The number of rotatable bonds is 5. The monoisotopic (exact) mass is 288 g/mol. The SMILES string of the molecule is Cc1cc(C)cc(OCCN(C)C(=O)c2cc(N)n[nH]2)c1. The number of hydrogen-bond acceptors (Lipinski definition) is 4. The van der Waals surface area contributed by atoms with E-state index in [1.54, 1.807) is 11.9 Å². The Morgan fingerprint density at radius 1 is 1.29 bits per heavy atom. The zero-order valence-corrected chi connectivity index (χ0v) is 12.5. The summed E-state index contributed by atoms with van der Waals surface area (Å²) >= 11 is 0. The van der Waals surface area contributed by atoms with E-state index < -0.39 is 0 Å². The van der Waals surface area contributed by atoms with Crippen LogP contribution in [0.1, 0.15) is 21.6 Å². The molecule has 6 heteroatoms. The molecule has 21 heavy (non-hydrogen) atoms. The summed E-state index contributed by atoms with van der Waals surface area (Å²) in [4.78, 5) is 13.6. The van der Waals surface area contributed by atoms with E-state index in [9.17, 15) is 4.79 Å². The second-order valence-corrected chi connectivity index (χ2v) is 5.11. The van der Waals surface area contributed by atoms with Crippen molar-refractivity contribution in [3.05, 3.63) is 41.1 Å². The molecule has 6 nitrogen and oxygen atoms in total. The molecule has 2 aromatic rings. The molecule has 3 N–H and O–H groups in total. The van der Waals surface area contributed by atoms with Crippen LogP contribution in [0.15, 0.2) is 24.3 Å². The van der Waals surface area contributed by atoms with Crippen molar-refractivity contribution in [1.82, 2.24) is 15.1 Å². The summed E-state index contributed by atoms with van der Waals surface area (Å²) in [6, 6.07) is 7.56. The third-order valence-electron chi connectivity index (χ3n) is 3.07. The highest BCUT2D eigenvalue weighted by molar-refractivity contribution is 5.92. The highest BCUT2D eigenvalue weighted by atomic mass is 16.5. The van der Waals surface area contributed by atoms with Crippen molar-refractivity contribution in [3.63, 3.8) is 0 Å². The van der Waals surface area contributed by atoms with Crippen molar-refractivity contribution in [2.24, 2.45) is 0 Å². The number of anilines is 1. The lowest BCUT2D eigenvalue weighted by Crippen LogP contribution is -2.31. The number of nitrogen functional groups attached to an aromatic ring is 1. The summed E-state index contributed by atoms with van der Waals surface area (Å²) in [6.07, 6.45) is 0. The van der Waals surface area contributed by atoms with Crippen molar-refractivity contribution in [1.29, 1.82) is 0 Å². The number of amides is 1. The number of likely N-dealkylation sites (N-methyl/N-ethyl adjacent to an activating group) is 1. The largest absolute Gasteiger partial charge is 0.492 e. The van der Waals surface area contributed by atoms with Crippen LogP contribution in [0.25, 0.3) is 0 Å². The van der Waals surface area contributed by atoms with Gasteiger partial charge in [-0.05, 0) is 37.1 Å². The quantitative estimate of drug-likeness (QED) is 0.878. The van der Waals surface area contributed by atoms with Gasteiger partial charge in [0.25, 0.3) is 5.91 Å². The summed E-state index contributed by atoms with van der Waals surface area (Å²) < 4.78 is 5.69. The van der Waals surface area contributed by atoms with Crippen LogP contribution in [-0.4, -0.2) is 41.2 Å². The maximum absolute atomic E-state index is 12.1. The van der Waals surface area contributed by atoms with Gasteiger partial charge in [-0.2, -0.15) is 5.10 Å². The van der Waals surface area contributed by atoms with Crippen LogP contribution in [0, 0.1) is 13.8 Å². The van der Waals surface area contributed by atoms with Crippen LogP contribution < -0.4 is 10.5 Å². The molecule has 2 rings (SSSR count). The first kappa shape index (κ1) is 14.9. The molecule has 1 amide bonds. The number of aromatic amines is 1. The van der Waals surface area contributed by atoms with Crippen LogP contribution in [0.4, 0.5) is 5.82 Å². The van der Waals surface area contributed by atoms with Crippen molar-refractivity contribution in [2.75, 3.05) is 25.9 Å². The minimum atomic E-state index is -0.164. The number of aryl methyl sites for hydroxylation is 2. The molecule has 0 aliphatic carbocycles. The number of carbonyl (C=O) groups is 1. The fourth-order valence-corrected chi connectivity index (χ4v) is 2.07. The number of carbonyl (C=O) groups excluding carboxylic acids is 1. The maximum atomic E-state index is 12.1. The Morgan fingerprint density at radius 3 is 2.52 bits per heavy atom. The smallest absolute Gasteiger partial charge is 0.271 e. The highest BCUT2D eigenvalue weighted by Crippen LogP contribution is 2.16. The van der Waals surface area contributed by atoms with Crippen LogP contribution >= 0.6 is 0 Å². The Labute approximate surface area is 123 Å². The molecule has 0 unspecified atom stereocenters. The van der Waals surface area contributed by atoms with Gasteiger partial charge in [0.05, 0.1) is 6.54 Å². The first-order chi connectivity index (χ1) is 9.95. The van der Waals surface area contributed by atoms with Crippen molar-refractivity contribution in [2.45, 2.75) is 13.8 Å². The number of nitrogens with one attached hydrogen (secondary N) is 1. The van der Waals surface area contributed by atoms with Crippen LogP contribution in [0.2, 0.25) is 0 Å². The van der Waals surface area contributed by atoms with Gasteiger partial charge in [-0.25, -0.2) is 0 Å². The Morgan fingerprint density at radius 2 is 1.95 bits per heavy atom. The number of hydrogen-bond donors (Lipinski definition) is 2. The fraction of sp³-hybridized carbons (Fsp3) is 0.333. The van der Waals surface area contributed by atoms with Gasteiger partial charge < -0.3 is 15.4 Å². The van der Waals surface area contributed by atoms with Gasteiger partial charge >= 0.3 is 0 Å².